The van der Waals surface area contributed by atoms with Gasteiger partial charge in [0.2, 0.25) is 0 Å². The normalized spacial score (nSPS) is 10.5. The summed E-state index contributed by atoms with van der Waals surface area (Å²) < 4.78 is 5.72. The second-order valence-electron chi connectivity index (χ2n) is 6.52. The number of aromatic nitrogens is 1. The van der Waals surface area contributed by atoms with Crippen LogP contribution in [0.15, 0.2) is 71.9 Å². The maximum Gasteiger partial charge on any atom is 0.251 e. The minimum absolute atomic E-state index is 0.0699. The molecule has 0 atom stereocenters. The molecule has 5 heteroatoms. The molecule has 0 radical (unpaired) electrons. The Hall–Kier alpha value is -2.79. The summed E-state index contributed by atoms with van der Waals surface area (Å²) in [5, 5.41) is 2.96. The van der Waals surface area contributed by atoms with E-state index in [4.69, 9.17) is 4.74 Å². The molecule has 0 aliphatic heterocycles. The highest BCUT2D eigenvalue weighted by molar-refractivity contribution is 7.99. The van der Waals surface area contributed by atoms with E-state index in [1.807, 2.05) is 24.3 Å². The van der Waals surface area contributed by atoms with E-state index in [1.54, 1.807) is 36.3 Å². The molecular formula is C23H24N2O2S. The number of hydrogen-bond acceptors (Lipinski definition) is 4. The van der Waals surface area contributed by atoms with Crippen LogP contribution in [0.4, 0.5) is 0 Å². The van der Waals surface area contributed by atoms with Gasteiger partial charge in [-0.15, -0.1) is 11.8 Å². The number of ether oxygens (including phenoxy) is 1. The van der Waals surface area contributed by atoms with Crippen molar-refractivity contribution in [3.63, 3.8) is 0 Å². The molecule has 1 amide bonds. The average Bonchev–Trinajstić information content (AvgIpc) is 2.73. The van der Waals surface area contributed by atoms with Gasteiger partial charge in [-0.2, -0.15) is 0 Å². The van der Waals surface area contributed by atoms with Gasteiger partial charge >= 0.3 is 0 Å². The fourth-order valence-electron chi connectivity index (χ4n) is 2.59. The van der Waals surface area contributed by atoms with Gasteiger partial charge in [0.05, 0.1) is 0 Å². The van der Waals surface area contributed by atoms with Crippen LogP contribution in [0.1, 0.15) is 27.0 Å². The predicted molar refractivity (Wildman–Crippen MR) is 114 cm³/mol. The van der Waals surface area contributed by atoms with Crippen molar-refractivity contribution in [2.75, 3.05) is 12.3 Å². The van der Waals surface area contributed by atoms with Crippen molar-refractivity contribution < 1.29 is 9.53 Å². The van der Waals surface area contributed by atoms with Crippen molar-refractivity contribution in [2.24, 2.45) is 0 Å². The van der Waals surface area contributed by atoms with E-state index in [9.17, 15) is 4.79 Å². The number of nitrogens with one attached hydrogen (secondary N) is 1. The van der Waals surface area contributed by atoms with E-state index in [0.717, 1.165) is 17.1 Å². The minimum atomic E-state index is -0.0699. The summed E-state index contributed by atoms with van der Waals surface area (Å²) in [6, 6.07) is 17.5. The van der Waals surface area contributed by atoms with Crippen LogP contribution in [-0.4, -0.2) is 23.2 Å². The SMILES string of the molecule is Cc1ccc(SCCNC(=O)c2ccc(OCc3cccnc3)cc2)cc1C. The van der Waals surface area contributed by atoms with Crippen molar-refractivity contribution >= 4 is 17.7 Å². The Labute approximate surface area is 170 Å². The zero-order chi connectivity index (χ0) is 19.8. The summed E-state index contributed by atoms with van der Waals surface area (Å²) in [4.78, 5) is 17.6. The van der Waals surface area contributed by atoms with Gasteiger partial charge in [-0.05, 0) is 67.4 Å². The summed E-state index contributed by atoms with van der Waals surface area (Å²) in [6.45, 7) is 5.30. The first-order chi connectivity index (χ1) is 13.6. The molecule has 0 bridgehead atoms. The molecule has 1 aromatic heterocycles. The number of thioether (sulfide) groups is 1. The molecule has 1 heterocycles. The van der Waals surface area contributed by atoms with Gasteiger partial charge in [0.1, 0.15) is 12.4 Å². The van der Waals surface area contributed by atoms with Gasteiger partial charge in [-0.3, -0.25) is 9.78 Å². The van der Waals surface area contributed by atoms with Gasteiger partial charge in [0.15, 0.2) is 0 Å². The molecule has 144 valence electrons. The highest BCUT2D eigenvalue weighted by Crippen LogP contribution is 2.20. The van der Waals surface area contributed by atoms with Gasteiger partial charge in [-0.25, -0.2) is 0 Å². The largest absolute Gasteiger partial charge is 0.489 e. The van der Waals surface area contributed by atoms with Crippen LogP contribution in [0.2, 0.25) is 0 Å². The molecule has 0 aliphatic rings. The molecule has 0 fully saturated rings. The summed E-state index contributed by atoms with van der Waals surface area (Å²) >= 11 is 1.75. The molecule has 2 aromatic carbocycles. The van der Waals surface area contributed by atoms with Crippen molar-refractivity contribution in [3.8, 4) is 5.75 Å². The zero-order valence-electron chi connectivity index (χ0n) is 16.1. The van der Waals surface area contributed by atoms with Crippen LogP contribution >= 0.6 is 11.8 Å². The Morgan fingerprint density at radius 2 is 1.89 bits per heavy atom. The lowest BCUT2D eigenvalue weighted by molar-refractivity contribution is 0.0956. The molecule has 4 nitrogen and oxygen atoms in total. The lowest BCUT2D eigenvalue weighted by atomic mass is 10.1. The number of aryl methyl sites for hydroxylation is 2. The first-order valence-electron chi connectivity index (χ1n) is 9.22. The molecular weight excluding hydrogens is 368 g/mol. The Morgan fingerprint density at radius 3 is 2.61 bits per heavy atom. The molecule has 28 heavy (non-hydrogen) atoms. The molecule has 1 N–H and O–H groups in total. The van der Waals surface area contributed by atoms with Crippen molar-refractivity contribution in [3.05, 3.63) is 89.2 Å². The van der Waals surface area contributed by atoms with Crippen molar-refractivity contribution in [1.82, 2.24) is 10.3 Å². The van der Waals surface area contributed by atoms with Crippen LogP contribution in [0.25, 0.3) is 0 Å². The van der Waals surface area contributed by atoms with Crippen LogP contribution in [0, 0.1) is 13.8 Å². The molecule has 0 spiro atoms. The Kier molecular flexibility index (Phi) is 7.09. The number of hydrogen-bond donors (Lipinski definition) is 1. The molecule has 3 aromatic rings. The number of carbonyl (C=O) groups is 1. The first-order valence-corrected chi connectivity index (χ1v) is 10.2. The van der Waals surface area contributed by atoms with Gasteiger partial charge in [0.25, 0.3) is 5.91 Å². The Bertz CT molecular complexity index is 912. The monoisotopic (exact) mass is 392 g/mol. The Balaban J connectivity index is 1.42. The van der Waals surface area contributed by atoms with Crippen LogP contribution in [0.5, 0.6) is 5.75 Å². The van der Waals surface area contributed by atoms with Gasteiger partial charge < -0.3 is 10.1 Å². The fourth-order valence-corrected chi connectivity index (χ4v) is 3.46. The molecule has 0 saturated carbocycles. The van der Waals surface area contributed by atoms with Crippen LogP contribution in [0.3, 0.4) is 0 Å². The molecule has 0 unspecified atom stereocenters. The zero-order valence-corrected chi connectivity index (χ0v) is 17.0. The minimum Gasteiger partial charge on any atom is -0.489 e. The van der Waals surface area contributed by atoms with E-state index < -0.39 is 0 Å². The summed E-state index contributed by atoms with van der Waals surface area (Å²) in [7, 11) is 0. The lowest BCUT2D eigenvalue weighted by Crippen LogP contribution is -2.25. The second-order valence-corrected chi connectivity index (χ2v) is 7.69. The average molecular weight is 393 g/mol. The van der Waals surface area contributed by atoms with E-state index in [-0.39, 0.29) is 5.91 Å². The number of pyridine rings is 1. The van der Waals surface area contributed by atoms with E-state index in [1.165, 1.54) is 16.0 Å². The summed E-state index contributed by atoms with van der Waals surface area (Å²) in [5.74, 6) is 1.49. The predicted octanol–water partition coefficient (Wildman–Crippen LogP) is 4.80. The number of nitrogens with zero attached hydrogens (tertiary/aromatic N) is 1. The topological polar surface area (TPSA) is 51.2 Å². The maximum absolute atomic E-state index is 12.3. The highest BCUT2D eigenvalue weighted by Gasteiger charge is 2.06. The van der Waals surface area contributed by atoms with Crippen LogP contribution in [-0.2, 0) is 6.61 Å². The Morgan fingerprint density at radius 1 is 1.07 bits per heavy atom. The molecule has 0 aliphatic carbocycles. The fraction of sp³-hybridized carbons (Fsp3) is 0.217. The lowest BCUT2D eigenvalue weighted by Gasteiger charge is -2.08. The van der Waals surface area contributed by atoms with E-state index >= 15 is 0 Å². The van der Waals surface area contributed by atoms with Crippen LogP contribution < -0.4 is 10.1 Å². The van der Waals surface area contributed by atoms with Gasteiger partial charge in [-0.1, -0.05) is 12.1 Å². The second kappa shape index (κ2) is 9.95. The standard InChI is InChI=1S/C23H24N2O2S/c1-17-5-10-22(14-18(17)2)28-13-12-25-23(26)20-6-8-21(9-7-20)27-16-19-4-3-11-24-15-19/h3-11,14-15H,12-13,16H2,1-2H3,(H,25,26). The number of rotatable bonds is 8. The summed E-state index contributed by atoms with van der Waals surface area (Å²) in [6.07, 6.45) is 3.51. The maximum atomic E-state index is 12.3. The van der Waals surface area contributed by atoms with E-state index in [2.05, 4.69) is 42.3 Å². The smallest absolute Gasteiger partial charge is 0.251 e. The third kappa shape index (κ3) is 5.86. The summed E-state index contributed by atoms with van der Waals surface area (Å²) in [5.41, 5.74) is 4.22. The number of carbonyl (C=O) groups excluding carboxylic acids is 1. The van der Waals surface area contributed by atoms with Crippen molar-refractivity contribution in [1.29, 1.82) is 0 Å². The molecule has 0 saturated heterocycles. The third-order valence-corrected chi connectivity index (χ3v) is 5.38. The van der Waals surface area contributed by atoms with E-state index in [0.29, 0.717) is 18.7 Å². The first kappa shape index (κ1) is 20.0. The third-order valence-electron chi connectivity index (χ3n) is 4.38. The quantitative estimate of drug-likeness (QED) is 0.442. The number of amides is 1. The number of benzene rings is 2. The molecule has 3 rings (SSSR count). The van der Waals surface area contributed by atoms with Gasteiger partial charge in [0, 0.05) is 40.7 Å². The highest BCUT2D eigenvalue weighted by atomic mass is 32.2. The van der Waals surface area contributed by atoms with Crippen molar-refractivity contribution in [2.45, 2.75) is 25.3 Å².